The van der Waals surface area contributed by atoms with Crippen LogP contribution in [-0.4, -0.2) is 35.0 Å². The summed E-state index contributed by atoms with van der Waals surface area (Å²) in [6.07, 6.45) is 3.24. The van der Waals surface area contributed by atoms with Gasteiger partial charge in [0.05, 0.1) is 5.56 Å². The highest BCUT2D eigenvalue weighted by Crippen LogP contribution is 2.23. The minimum Gasteiger partial charge on any atom is -0.478 e. The molecule has 0 aromatic heterocycles. The molecule has 2 aromatic rings. The van der Waals surface area contributed by atoms with Gasteiger partial charge in [-0.15, -0.1) is 0 Å². The maximum Gasteiger partial charge on any atom is 0.338 e. The highest BCUT2D eigenvalue weighted by Gasteiger charge is 2.18. The quantitative estimate of drug-likeness (QED) is 0.932. The number of halogens is 1. The van der Waals surface area contributed by atoms with Crippen molar-refractivity contribution in [3.05, 3.63) is 59.4 Å². The Bertz CT molecular complexity index is 765. The van der Waals surface area contributed by atoms with Crippen LogP contribution in [0.4, 0.5) is 4.39 Å². The van der Waals surface area contributed by atoms with Gasteiger partial charge in [0, 0.05) is 18.7 Å². The average Bonchev–Trinajstić information content (AvgIpc) is 2.62. The van der Waals surface area contributed by atoms with Crippen molar-refractivity contribution in [3.8, 4) is 11.1 Å². The molecule has 0 radical (unpaired) electrons. The van der Waals surface area contributed by atoms with E-state index in [4.69, 9.17) is 5.11 Å². The predicted molar refractivity (Wildman–Crippen MR) is 88.5 cm³/mol. The molecule has 0 unspecified atom stereocenters. The van der Waals surface area contributed by atoms with Crippen molar-refractivity contribution in [2.24, 2.45) is 0 Å². The molecule has 0 aliphatic carbocycles. The fourth-order valence-electron chi connectivity index (χ4n) is 2.95. The number of hydrogen-bond donors (Lipinski definition) is 1. The van der Waals surface area contributed by atoms with Gasteiger partial charge in [-0.05, 0) is 54.7 Å². The Morgan fingerprint density at radius 1 is 0.917 bits per heavy atom. The molecule has 1 heterocycles. The van der Waals surface area contributed by atoms with E-state index in [1.165, 1.54) is 18.6 Å². The zero-order chi connectivity index (χ0) is 17.1. The van der Waals surface area contributed by atoms with Gasteiger partial charge in [0.15, 0.2) is 0 Å². The van der Waals surface area contributed by atoms with Gasteiger partial charge in [-0.2, -0.15) is 0 Å². The largest absolute Gasteiger partial charge is 0.478 e. The Balaban J connectivity index is 1.83. The molecule has 124 valence electrons. The Morgan fingerprint density at radius 3 is 2.17 bits per heavy atom. The zero-order valence-corrected chi connectivity index (χ0v) is 13.2. The summed E-state index contributed by atoms with van der Waals surface area (Å²) in [5.41, 5.74) is 1.60. The van der Waals surface area contributed by atoms with E-state index >= 15 is 0 Å². The highest BCUT2D eigenvalue weighted by molar-refractivity contribution is 5.95. The van der Waals surface area contributed by atoms with Crippen LogP contribution >= 0.6 is 0 Å². The molecule has 1 saturated heterocycles. The number of likely N-dealkylation sites (tertiary alicyclic amines) is 1. The first-order valence-corrected chi connectivity index (χ1v) is 7.99. The fourth-order valence-corrected chi connectivity index (χ4v) is 2.95. The van der Waals surface area contributed by atoms with Crippen LogP contribution in [0.25, 0.3) is 11.1 Å². The summed E-state index contributed by atoms with van der Waals surface area (Å²) in [6.45, 7) is 1.58. The van der Waals surface area contributed by atoms with Crippen LogP contribution < -0.4 is 0 Å². The topological polar surface area (TPSA) is 57.6 Å². The minimum atomic E-state index is -1.30. The lowest BCUT2D eigenvalue weighted by Crippen LogP contribution is -2.35. The molecule has 1 aliphatic heterocycles. The van der Waals surface area contributed by atoms with Crippen LogP contribution in [-0.2, 0) is 0 Å². The summed E-state index contributed by atoms with van der Waals surface area (Å²) in [7, 11) is 0. The lowest BCUT2D eigenvalue weighted by atomic mass is 10.0. The van der Waals surface area contributed by atoms with E-state index in [2.05, 4.69) is 0 Å². The number of aromatic carboxylic acids is 1. The normalized spacial score (nSPS) is 14.5. The van der Waals surface area contributed by atoms with Gasteiger partial charge in [-0.3, -0.25) is 4.79 Å². The average molecular weight is 327 g/mol. The van der Waals surface area contributed by atoms with E-state index in [1.807, 2.05) is 4.90 Å². The Kier molecular flexibility index (Phi) is 4.60. The number of hydrogen-bond acceptors (Lipinski definition) is 2. The molecule has 1 aliphatic rings. The first-order chi connectivity index (χ1) is 11.6. The number of carboxylic acids is 1. The third kappa shape index (κ3) is 3.30. The standard InChI is InChI=1S/C19H18FNO3/c20-17-9-8-15(12-16(17)19(23)24)13-4-6-14(7-5-13)18(22)21-10-2-1-3-11-21/h4-9,12H,1-3,10-11H2,(H,23,24). The van der Waals surface area contributed by atoms with E-state index in [0.29, 0.717) is 11.1 Å². The molecule has 1 amide bonds. The molecular formula is C19H18FNO3. The van der Waals surface area contributed by atoms with Gasteiger partial charge in [-0.1, -0.05) is 18.2 Å². The first kappa shape index (κ1) is 16.2. The van der Waals surface area contributed by atoms with Crippen LogP contribution in [0, 0.1) is 5.82 Å². The smallest absolute Gasteiger partial charge is 0.338 e. The molecule has 1 N–H and O–H groups in total. The molecule has 24 heavy (non-hydrogen) atoms. The van der Waals surface area contributed by atoms with E-state index in [-0.39, 0.29) is 11.5 Å². The summed E-state index contributed by atoms with van der Waals surface area (Å²) in [4.78, 5) is 25.3. The number of benzene rings is 2. The van der Waals surface area contributed by atoms with E-state index in [9.17, 15) is 14.0 Å². The summed E-state index contributed by atoms with van der Waals surface area (Å²) >= 11 is 0. The number of rotatable bonds is 3. The Hall–Kier alpha value is -2.69. The third-order valence-electron chi connectivity index (χ3n) is 4.31. The molecule has 0 spiro atoms. The van der Waals surface area contributed by atoms with Crippen molar-refractivity contribution in [2.75, 3.05) is 13.1 Å². The number of carbonyl (C=O) groups excluding carboxylic acids is 1. The van der Waals surface area contributed by atoms with Gasteiger partial charge < -0.3 is 10.0 Å². The van der Waals surface area contributed by atoms with Crippen LogP contribution in [0.2, 0.25) is 0 Å². The molecule has 5 heteroatoms. The zero-order valence-electron chi connectivity index (χ0n) is 13.2. The second kappa shape index (κ2) is 6.83. The van der Waals surface area contributed by atoms with Crippen LogP contribution in [0.1, 0.15) is 40.0 Å². The summed E-state index contributed by atoms with van der Waals surface area (Å²) in [5.74, 6) is -2.04. The number of amides is 1. The van der Waals surface area contributed by atoms with Gasteiger partial charge >= 0.3 is 5.97 Å². The molecule has 2 aromatic carbocycles. The summed E-state index contributed by atoms with van der Waals surface area (Å²) < 4.78 is 13.5. The minimum absolute atomic E-state index is 0.0200. The van der Waals surface area contributed by atoms with Crippen molar-refractivity contribution in [1.82, 2.24) is 4.90 Å². The lowest BCUT2D eigenvalue weighted by Gasteiger charge is -2.26. The summed E-state index contributed by atoms with van der Waals surface area (Å²) in [6, 6.07) is 11.0. The third-order valence-corrected chi connectivity index (χ3v) is 4.31. The van der Waals surface area contributed by atoms with Crippen molar-refractivity contribution >= 4 is 11.9 Å². The van der Waals surface area contributed by atoms with E-state index < -0.39 is 11.8 Å². The number of carbonyl (C=O) groups is 2. The van der Waals surface area contributed by atoms with Gasteiger partial charge in [0.25, 0.3) is 5.91 Å². The first-order valence-electron chi connectivity index (χ1n) is 7.99. The number of carboxylic acid groups (broad SMARTS) is 1. The lowest BCUT2D eigenvalue weighted by molar-refractivity contribution is 0.0689. The number of nitrogens with zero attached hydrogens (tertiary/aromatic N) is 1. The van der Waals surface area contributed by atoms with Crippen LogP contribution in [0.3, 0.4) is 0 Å². The van der Waals surface area contributed by atoms with Crippen molar-refractivity contribution in [3.63, 3.8) is 0 Å². The molecule has 0 bridgehead atoms. The van der Waals surface area contributed by atoms with Crippen LogP contribution in [0.15, 0.2) is 42.5 Å². The molecule has 3 rings (SSSR count). The number of piperidine rings is 1. The molecule has 0 saturated carbocycles. The predicted octanol–water partition coefficient (Wildman–Crippen LogP) is 3.82. The van der Waals surface area contributed by atoms with E-state index in [0.717, 1.165) is 37.6 Å². The molecule has 1 fully saturated rings. The van der Waals surface area contributed by atoms with Gasteiger partial charge in [0.1, 0.15) is 5.82 Å². The molecule has 0 atom stereocenters. The van der Waals surface area contributed by atoms with E-state index in [1.54, 1.807) is 24.3 Å². The molecule has 4 nitrogen and oxygen atoms in total. The van der Waals surface area contributed by atoms with Gasteiger partial charge in [-0.25, -0.2) is 9.18 Å². The highest BCUT2D eigenvalue weighted by atomic mass is 19.1. The Labute approximate surface area is 139 Å². The Morgan fingerprint density at radius 2 is 1.54 bits per heavy atom. The fraction of sp³-hybridized carbons (Fsp3) is 0.263. The summed E-state index contributed by atoms with van der Waals surface area (Å²) in [5, 5.41) is 9.01. The maximum atomic E-state index is 13.5. The van der Waals surface area contributed by atoms with Crippen molar-refractivity contribution < 1.29 is 19.1 Å². The SMILES string of the molecule is O=C(O)c1cc(-c2ccc(C(=O)N3CCCCC3)cc2)ccc1F. The van der Waals surface area contributed by atoms with Crippen molar-refractivity contribution in [1.29, 1.82) is 0 Å². The van der Waals surface area contributed by atoms with Gasteiger partial charge in [0.2, 0.25) is 0 Å². The molecular weight excluding hydrogens is 309 g/mol. The second-order valence-corrected chi connectivity index (χ2v) is 5.93. The maximum absolute atomic E-state index is 13.5. The monoisotopic (exact) mass is 327 g/mol. The second-order valence-electron chi connectivity index (χ2n) is 5.93. The van der Waals surface area contributed by atoms with Crippen molar-refractivity contribution in [2.45, 2.75) is 19.3 Å². The van der Waals surface area contributed by atoms with Crippen LogP contribution in [0.5, 0.6) is 0 Å².